The molecule has 1 aromatic rings. The molecule has 5 amide bonds. The van der Waals surface area contributed by atoms with E-state index in [1.165, 1.54) is 6.92 Å². The first-order chi connectivity index (χ1) is 21.5. The molecular formula is C31H47N9O5. The fourth-order valence-corrected chi connectivity index (χ4v) is 6.93. The quantitative estimate of drug-likeness (QED) is 0.0991. The van der Waals surface area contributed by atoms with E-state index in [0.717, 1.165) is 25.7 Å². The molecule has 2 saturated heterocycles. The lowest BCUT2D eigenvalue weighted by Gasteiger charge is -2.37. The number of benzene rings is 1. The van der Waals surface area contributed by atoms with Crippen LogP contribution in [-0.4, -0.2) is 88.6 Å². The molecule has 4 rings (SSSR count). The standard InChI is InChI=1S/C31H47N9O5/c1-18(27(42)38-25(26(33)41)19-9-3-2-4-10-19)37-28(43)23-14-8-16-39(23)30(45)24-17-20-11-5-6-13-22(20)40(24)29(44)21(32)12-7-15-36-31(34)35/h2-4,9-10,18,20-25H,5-8,11-17,32H2,1H3,(H2,33,41)(H,37,43)(H,38,42)(H4,34,35,36)/t18-,20+,21-,22+,23+,24+,25-/m1/s1. The van der Waals surface area contributed by atoms with Gasteiger partial charge in [-0.05, 0) is 63.4 Å². The van der Waals surface area contributed by atoms with Gasteiger partial charge in [0.05, 0.1) is 6.04 Å². The number of nitrogens with one attached hydrogen (secondary N) is 2. The first kappa shape index (κ1) is 33.7. The van der Waals surface area contributed by atoms with E-state index < -0.39 is 47.9 Å². The third kappa shape index (κ3) is 8.10. The fraction of sp³-hybridized carbons (Fsp3) is 0.613. The number of primary amides is 1. The Hall–Kier alpha value is -4.20. The topological polar surface area (TPSA) is 232 Å². The maximum absolute atomic E-state index is 14.1. The van der Waals surface area contributed by atoms with Crippen LogP contribution in [0.15, 0.2) is 35.3 Å². The summed E-state index contributed by atoms with van der Waals surface area (Å²) in [6.07, 6.45) is 6.24. The number of amides is 5. The van der Waals surface area contributed by atoms with Crippen molar-refractivity contribution in [2.45, 2.75) is 101 Å². The molecule has 0 radical (unpaired) electrons. The summed E-state index contributed by atoms with van der Waals surface area (Å²) in [7, 11) is 0. The number of nitrogens with two attached hydrogens (primary N) is 4. The number of carbonyl (C=O) groups is 5. The Labute approximate surface area is 263 Å². The van der Waals surface area contributed by atoms with Gasteiger partial charge in [-0.15, -0.1) is 0 Å². The lowest BCUT2D eigenvalue weighted by atomic mass is 9.84. The summed E-state index contributed by atoms with van der Waals surface area (Å²) in [5, 5.41) is 5.31. The molecule has 246 valence electrons. The van der Waals surface area contributed by atoms with Crippen molar-refractivity contribution in [2.75, 3.05) is 13.1 Å². The number of hydrogen-bond donors (Lipinski definition) is 6. The normalized spacial score (nSPS) is 24.6. The zero-order valence-corrected chi connectivity index (χ0v) is 25.9. The maximum atomic E-state index is 14.1. The molecule has 1 saturated carbocycles. The number of aliphatic imine (C=N–C) groups is 1. The lowest BCUT2D eigenvalue weighted by Crippen LogP contribution is -2.58. The van der Waals surface area contributed by atoms with Gasteiger partial charge in [-0.2, -0.15) is 0 Å². The molecule has 0 aromatic heterocycles. The summed E-state index contributed by atoms with van der Waals surface area (Å²) < 4.78 is 0. The van der Waals surface area contributed by atoms with E-state index in [1.807, 2.05) is 0 Å². The summed E-state index contributed by atoms with van der Waals surface area (Å²) >= 11 is 0. The van der Waals surface area contributed by atoms with Crippen LogP contribution in [0.4, 0.5) is 0 Å². The third-order valence-electron chi connectivity index (χ3n) is 9.21. The Balaban J connectivity index is 1.42. The lowest BCUT2D eigenvalue weighted by molar-refractivity contribution is -0.149. The molecule has 2 heterocycles. The Bertz CT molecular complexity index is 1270. The van der Waals surface area contributed by atoms with Gasteiger partial charge >= 0.3 is 0 Å². The van der Waals surface area contributed by atoms with E-state index in [2.05, 4.69) is 15.6 Å². The predicted octanol–water partition coefficient (Wildman–Crippen LogP) is -0.634. The Morgan fingerprint density at radius 3 is 2.36 bits per heavy atom. The molecule has 0 bridgehead atoms. The summed E-state index contributed by atoms with van der Waals surface area (Å²) in [6.45, 7) is 2.23. The summed E-state index contributed by atoms with van der Waals surface area (Å²) in [5.41, 5.74) is 23.2. The Morgan fingerprint density at radius 2 is 1.67 bits per heavy atom. The van der Waals surface area contributed by atoms with Crippen LogP contribution in [0.5, 0.6) is 0 Å². The van der Waals surface area contributed by atoms with Gasteiger partial charge in [-0.25, -0.2) is 0 Å². The average molecular weight is 626 g/mol. The third-order valence-corrected chi connectivity index (χ3v) is 9.21. The van der Waals surface area contributed by atoms with Gasteiger partial charge in [0.25, 0.3) is 0 Å². The largest absolute Gasteiger partial charge is 0.370 e. The average Bonchev–Trinajstić information content (AvgIpc) is 3.67. The van der Waals surface area contributed by atoms with Gasteiger partial charge in [0.15, 0.2) is 5.96 Å². The molecule has 1 aromatic carbocycles. The van der Waals surface area contributed by atoms with Crippen LogP contribution in [0.3, 0.4) is 0 Å². The van der Waals surface area contributed by atoms with E-state index in [1.54, 1.807) is 40.1 Å². The van der Waals surface area contributed by atoms with Gasteiger partial charge in [0.1, 0.15) is 24.2 Å². The van der Waals surface area contributed by atoms with Crippen molar-refractivity contribution in [3.05, 3.63) is 35.9 Å². The minimum Gasteiger partial charge on any atom is -0.370 e. The Morgan fingerprint density at radius 1 is 0.956 bits per heavy atom. The number of likely N-dealkylation sites (tertiary alicyclic amines) is 2. The van der Waals surface area contributed by atoms with Crippen LogP contribution in [0.1, 0.15) is 76.3 Å². The highest BCUT2D eigenvalue weighted by Gasteiger charge is 2.51. The number of carbonyl (C=O) groups excluding carboxylic acids is 5. The number of fused-ring (bicyclic) bond motifs is 1. The minimum atomic E-state index is -1.06. The molecular weight excluding hydrogens is 578 g/mol. The van der Waals surface area contributed by atoms with Crippen LogP contribution in [0, 0.1) is 5.92 Å². The molecule has 1 aliphatic carbocycles. The van der Waals surface area contributed by atoms with Crippen LogP contribution in [0.25, 0.3) is 0 Å². The SMILES string of the molecule is C[C@@H](NC(=O)[C@@H]1CCCN1C(=O)[C@@H]1C[C@@H]2CCCC[C@@H]2N1C(=O)[C@H](N)CCCN=C(N)N)C(=O)N[C@@H](C(N)=O)c1ccccc1. The van der Waals surface area contributed by atoms with E-state index in [-0.39, 0.29) is 29.7 Å². The second-order valence-corrected chi connectivity index (χ2v) is 12.3. The van der Waals surface area contributed by atoms with Crippen molar-refractivity contribution >= 4 is 35.5 Å². The molecule has 14 nitrogen and oxygen atoms in total. The number of rotatable bonds is 12. The molecule has 14 heteroatoms. The number of guanidine groups is 1. The van der Waals surface area contributed by atoms with Crippen molar-refractivity contribution in [3.8, 4) is 0 Å². The maximum Gasteiger partial charge on any atom is 0.246 e. The highest BCUT2D eigenvalue weighted by Crippen LogP contribution is 2.41. The van der Waals surface area contributed by atoms with Crippen LogP contribution >= 0.6 is 0 Å². The molecule has 7 atom stereocenters. The molecule has 3 aliphatic rings. The second kappa shape index (κ2) is 15.2. The van der Waals surface area contributed by atoms with Gasteiger partial charge < -0.3 is 43.4 Å². The van der Waals surface area contributed by atoms with E-state index >= 15 is 0 Å². The molecule has 2 aliphatic heterocycles. The zero-order chi connectivity index (χ0) is 32.7. The van der Waals surface area contributed by atoms with Crippen molar-refractivity contribution in [2.24, 2.45) is 33.8 Å². The van der Waals surface area contributed by atoms with Gasteiger partial charge in [0, 0.05) is 19.1 Å². The minimum absolute atomic E-state index is 0.0218. The van der Waals surface area contributed by atoms with Gasteiger partial charge in [-0.3, -0.25) is 29.0 Å². The number of nitrogens with zero attached hydrogens (tertiary/aromatic N) is 3. The van der Waals surface area contributed by atoms with Crippen LogP contribution in [0.2, 0.25) is 0 Å². The first-order valence-corrected chi connectivity index (χ1v) is 15.9. The monoisotopic (exact) mass is 625 g/mol. The Kier molecular flexibility index (Phi) is 11.4. The predicted molar refractivity (Wildman–Crippen MR) is 168 cm³/mol. The van der Waals surface area contributed by atoms with Crippen molar-refractivity contribution < 1.29 is 24.0 Å². The van der Waals surface area contributed by atoms with Crippen molar-refractivity contribution in [1.29, 1.82) is 0 Å². The van der Waals surface area contributed by atoms with Crippen molar-refractivity contribution in [3.63, 3.8) is 0 Å². The molecule has 10 N–H and O–H groups in total. The van der Waals surface area contributed by atoms with Gasteiger partial charge in [0.2, 0.25) is 29.5 Å². The second-order valence-electron chi connectivity index (χ2n) is 12.3. The van der Waals surface area contributed by atoms with E-state index in [9.17, 15) is 24.0 Å². The highest BCUT2D eigenvalue weighted by atomic mass is 16.2. The summed E-state index contributed by atoms with van der Waals surface area (Å²) in [5.74, 6) is -2.14. The molecule has 3 fully saturated rings. The summed E-state index contributed by atoms with van der Waals surface area (Å²) in [4.78, 5) is 73.5. The van der Waals surface area contributed by atoms with Crippen molar-refractivity contribution in [1.82, 2.24) is 20.4 Å². The van der Waals surface area contributed by atoms with E-state index in [0.29, 0.717) is 50.8 Å². The van der Waals surface area contributed by atoms with E-state index in [4.69, 9.17) is 22.9 Å². The highest BCUT2D eigenvalue weighted by molar-refractivity contribution is 5.96. The summed E-state index contributed by atoms with van der Waals surface area (Å²) in [6, 6.07) is 4.17. The number of hydrogen-bond acceptors (Lipinski definition) is 7. The zero-order valence-electron chi connectivity index (χ0n) is 25.9. The van der Waals surface area contributed by atoms with Gasteiger partial charge in [-0.1, -0.05) is 43.2 Å². The smallest absolute Gasteiger partial charge is 0.246 e. The van der Waals surface area contributed by atoms with Crippen LogP contribution < -0.4 is 33.6 Å². The molecule has 0 unspecified atom stereocenters. The first-order valence-electron chi connectivity index (χ1n) is 15.9. The van der Waals surface area contributed by atoms with Crippen LogP contribution in [-0.2, 0) is 24.0 Å². The molecule has 0 spiro atoms. The fourth-order valence-electron chi connectivity index (χ4n) is 6.93. The molecule has 45 heavy (non-hydrogen) atoms.